The fourth-order valence-electron chi connectivity index (χ4n) is 2.43. The van der Waals surface area contributed by atoms with Crippen molar-refractivity contribution in [2.24, 2.45) is 0 Å². The fourth-order valence-corrected chi connectivity index (χ4v) is 3.62. The van der Waals surface area contributed by atoms with E-state index < -0.39 is 10.0 Å². The molecule has 1 aliphatic rings. The first-order valence-corrected chi connectivity index (χ1v) is 8.37. The Morgan fingerprint density at radius 1 is 1.45 bits per heavy atom. The first kappa shape index (κ1) is 15.4. The van der Waals surface area contributed by atoms with E-state index in [9.17, 15) is 8.42 Å². The first-order valence-electron chi connectivity index (χ1n) is 6.89. The van der Waals surface area contributed by atoms with Gasteiger partial charge in [0.05, 0.1) is 19.3 Å². The summed E-state index contributed by atoms with van der Waals surface area (Å²) in [4.78, 5) is 2.40. The molecule has 0 aromatic carbocycles. The average molecular weight is 302 g/mol. The van der Waals surface area contributed by atoms with Crippen molar-refractivity contribution in [3.63, 3.8) is 0 Å². The molecule has 20 heavy (non-hydrogen) atoms. The molecule has 2 heterocycles. The number of hydrogen-bond acceptors (Lipinski definition) is 5. The largest absolute Gasteiger partial charge is 0.394 e. The van der Waals surface area contributed by atoms with Crippen LogP contribution in [-0.2, 0) is 16.6 Å². The standard InChI is InChI=1S/C12H22N4O3S/c1-11(9-15-4-2-3-5-15)14-20(18,19)12-8-13-16(10-12)6-7-17/h8,10-11,14,17H,2-7,9H2,1H3. The van der Waals surface area contributed by atoms with Crippen molar-refractivity contribution in [3.8, 4) is 0 Å². The van der Waals surface area contributed by atoms with Gasteiger partial charge in [0, 0.05) is 18.8 Å². The maximum absolute atomic E-state index is 12.2. The summed E-state index contributed by atoms with van der Waals surface area (Å²) in [5, 5.41) is 12.7. The summed E-state index contributed by atoms with van der Waals surface area (Å²) in [7, 11) is -3.54. The summed E-state index contributed by atoms with van der Waals surface area (Å²) >= 11 is 0. The fraction of sp³-hybridized carbons (Fsp3) is 0.750. The van der Waals surface area contributed by atoms with Crippen LogP contribution in [0.4, 0.5) is 0 Å². The lowest BCUT2D eigenvalue weighted by Gasteiger charge is -2.20. The SMILES string of the molecule is CC(CN1CCCC1)NS(=O)(=O)c1cnn(CCO)c1. The van der Waals surface area contributed by atoms with Crippen molar-refractivity contribution in [3.05, 3.63) is 12.4 Å². The lowest BCUT2D eigenvalue weighted by atomic mass is 10.3. The lowest BCUT2D eigenvalue weighted by Crippen LogP contribution is -2.40. The smallest absolute Gasteiger partial charge is 0.243 e. The van der Waals surface area contributed by atoms with Crippen molar-refractivity contribution in [2.45, 2.75) is 37.2 Å². The van der Waals surface area contributed by atoms with Crippen molar-refractivity contribution in [1.82, 2.24) is 19.4 Å². The van der Waals surface area contributed by atoms with Gasteiger partial charge in [0.25, 0.3) is 0 Å². The van der Waals surface area contributed by atoms with Crippen molar-refractivity contribution in [1.29, 1.82) is 0 Å². The van der Waals surface area contributed by atoms with Crippen LogP contribution >= 0.6 is 0 Å². The van der Waals surface area contributed by atoms with Crippen molar-refractivity contribution in [2.75, 3.05) is 26.2 Å². The molecule has 0 amide bonds. The molecule has 1 atom stereocenters. The highest BCUT2D eigenvalue weighted by Gasteiger charge is 2.21. The second kappa shape index (κ2) is 6.66. The minimum absolute atomic E-state index is 0.0695. The van der Waals surface area contributed by atoms with E-state index in [1.165, 1.54) is 29.9 Å². The zero-order chi connectivity index (χ0) is 14.6. The molecule has 0 aliphatic carbocycles. The quantitative estimate of drug-likeness (QED) is 0.718. The molecule has 1 aliphatic heterocycles. The number of aliphatic hydroxyl groups excluding tert-OH is 1. The molecular weight excluding hydrogens is 280 g/mol. The molecule has 1 aromatic heterocycles. The predicted octanol–water partition coefficient (Wildman–Crippen LogP) is -0.362. The Kier molecular flexibility index (Phi) is 5.14. The number of hydrogen-bond donors (Lipinski definition) is 2. The van der Waals surface area contributed by atoms with Gasteiger partial charge in [-0.2, -0.15) is 5.10 Å². The molecular formula is C12H22N4O3S. The van der Waals surface area contributed by atoms with E-state index in [1.807, 2.05) is 6.92 Å². The van der Waals surface area contributed by atoms with Gasteiger partial charge >= 0.3 is 0 Å². The summed E-state index contributed by atoms with van der Waals surface area (Å²) in [6.45, 7) is 4.90. The van der Waals surface area contributed by atoms with E-state index >= 15 is 0 Å². The van der Waals surface area contributed by atoms with Crippen LogP contribution in [0.1, 0.15) is 19.8 Å². The van der Waals surface area contributed by atoms with E-state index in [0.29, 0.717) is 6.54 Å². The molecule has 0 bridgehead atoms. The minimum Gasteiger partial charge on any atom is -0.394 e. The van der Waals surface area contributed by atoms with Gasteiger partial charge in [-0.15, -0.1) is 0 Å². The van der Waals surface area contributed by atoms with Crippen LogP contribution < -0.4 is 4.72 Å². The van der Waals surface area contributed by atoms with Crippen molar-refractivity contribution < 1.29 is 13.5 Å². The molecule has 0 radical (unpaired) electrons. The molecule has 0 saturated carbocycles. The maximum Gasteiger partial charge on any atom is 0.243 e. The molecule has 1 saturated heterocycles. The number of aliphatic hydroxyl groups is 1. The number of likely N-dealkylation sites (tertiary alicyclic amines) is 1. The topological polar surface area (TPSA) is 87.5 Å². The Balaban J connectivity index is 1.94. The summed E-state index contributed by atoms with van der Waals surface area (Å²) < 4.78 is 28.5. The minimum atomic E-state index is -3.54. The Hall–Kier alpha value is -0.960. The molecule has 2 N–H and O–H groups in total. The van der Waals surface area contributed by atoms with Gasteiger partial charge in [-0.3, -0.25) is 4.68 Å². The molecule has 7 nitrogen and oxygen atoms in total. The second-order valence-electron chi connectivity index (χ2n) is 5.19. The predicted molar refractivity (Wildman–Crippen MR) is 74.8 cm³/mol. The Morgan fingerprint density at radius 2 is 2.15 bits per heavy atom. The third-order valence-electron chi connectivity index (χ3n) is 3.34. The Bertz CT molecular complexity index is 523. The van der Waals surface area contributed by atoms with Crippen LogP contribution in [0.25, 0.3) is 0 Å². The summed E-state index contributed by atoms with van der Waals surface area (Å²) in [6.07, 6.45) is 5.11. The summed E-state index contributed by atoms with van der Waals surface area (Å²) in [6, 6.07) is -0.140. The number of nitrogens with one attached hydrogen (secondary N) is 1. The van der Waals surface area contributed by atoms with E-state index in [-0.39, 0.29) is 17.5 Å². The van der Waals surface area contributed by atoms with E-state index in [4.69, 9.17) is 5.11 Å². The zero-order valence-electron chi connectivity index (χ0n) is 11.7. The van der Waals surface area contributed by atoms with Crippen LogP contribution in [0.15, 0.2) is 17.3 Å². The van der Waals surface area contributed by atoms with Crippen LogP contribution in [0.2, 0.25) is 0 Å². The number of sulfonamides is 1. The van der Waals surface area contributed by atoms with Gasteiger partial charge in [0.2, 0.25) is 10.0 Å². The molecule has 114 valence electrons. The number of aromatic nitrogens is 2. The van der Waals surface area contributed by atoms with Gasteiger partial charge in [0.15, 0.2) is 0 Å². The second-order valence-corrected chi connectivity index (χ2v) is 6.91. The summed E-state index contributed by atoms with van der Waals surface area (Å²) in [5.74, 6) is 0. The average Bonchev–Trinajstić information content (AvgIpc) is 3.00. The van der Waals surface area contributed by atoms with Crippen LogP contribution in [-0.4, -0.2) is 60.5 Å². The van der Waals surface area contributed by atoms with Crippen LogP contribution in [0.5, 0.6) is 0 Å². The molecule has 0 spiro atoms. The normalized spacial score (nSPS) is 18.5. The third-order valence-corrected chi connectivity index (χ3v) is 4.88. The van der Waals surface area contributed by atoms with Gasteiger partial charge < -0.3 is 10.0 Å². The molecule has 8 heteroatoms. The van der Waals surface area contributed by atoms with E-state index in [0.717, 1.165) is 19.6 Å². The Labute approximate surface area is 119 Å². The Morgan fingerprint density at radius 3 is 2.80 bits per heavy atom. The zero-order valence-corrected chi connectivity index (χ0v) is 12.5. The highest BCUT2D eigenvalue weighted by molar-refractivity contribution is 7.89. The first-order chi connectivity index (χ1) is 9.51. The van der Waals surface area contributed by atoms with Gasteiger partial charge in [-0.05, 0) is 32.9 Å². The van der Waals surface area contributed by atoms with Crippen LogP contribution in [0.3, 0.4) is 0 Å². The van der Waals surface area contributed by atoms with Gasteiger partial charge in [0.1, 0.15) is 4.90 Å². The highest BCUT2D eigenvalue weighted by Crippen LogP contribution is 2.10. The molecule has 1 unspecified atom stereocenters. The van der Waals surface area contributed by atoms with Crippen LogP contribution in [0, 0.1) is 0 Å². The molecule has 1 fully saturated rings. The maximum atomic E-state index is 12.2. The van der Waals surface area contributed by atoms with E-state index in [2.05, 4.69) is 14.7 Å². The van der Waals surface area contributed by atoms with E-state index in [1.54, 1.807) is 0 Å². The number of nitrogens with zero attached hydrogens (tertiary/aromatic N) is 3. The summed E-state index contributed by atoms with van der Waals surface area (Å²) in [5.41, 5.74) is 0. The lowest BCUT2D eigenvalue weighted by molar-refractivity contribution is 0.269. The van der Waals surface area contributed by atoms with Gasteiger partial charge in [-0.1, -0.05) is 0 Å². The molecule has 1 aromatic rings. The number of rotatable bonds is 7. The molecule has 2 rings (SSSR count). The van der Waals surface area contributed by atoms with Crippen molar-refractivity contribution >= 4 is 10.0 Å². The monoisotopic (exact) mass is 302 g/mol. The third kappa shape index (κ3) is 4.02. The van der Waals surface area contributed by atoms with Gasteiger partial charge in [-0.25, -0.2) is 13.1 Å². The highest BCUT2D eigenvalue weighted by atomic mass is 32.2.